The van der Waals surface area contributed by atoms with Crippen molar-refractivity contribution in [2.24, 2.45) is 5.14 Å². The van der Waals surface area contributed by atoms with E-state index < -0.39 is 10.0 Å². The van der Waals surface area contributed by atoms with Crippen molar-refractivity contribution in [1.82, 2.24) is 4.90 Å². The summed E-state index contributed by atoms with van der Waals surface area (Å²) in [6.07, 6.45) is 1.86. The highest BCUT2D eigenvalue weighted by molar-refractivity contribution is 7.99. The second-order valence-corrected chi connectivity index (χ2v) is 6.49. The number of rotatable bonds is 4. The molecule has 0 aromatic rings. The SMILES string of the molecule is NS(=O)(=O)CCCN1CCCSCC1. The third-order valence-electron chi connectivity index (χ3n) is 2.22. The van der Waals surface area contributed by atoms with Crippen molar-refractivity contribution in [2.75, 3.05) is 36.9 Å². The Morgan fingerprint density at radius 1 is 1.29 bits per heavy atom. The third kappa shape index (κ3) is 5.85. The van der Waals surface area contributed by atoms with E-state index in [2.05, 4.69) is 4.90 Å². The summed E-state index contributed by atoms with van der Waals surface area (Å²) in [5.41, 5.74) is 0. The van der Waals surface area contributed by atoms with Crippen LogP contribution in [0.4, 0.5) is 0 Å². The van der Waals surface area contributed by atoms with Gasteiger partial charge in [0.15, 0.2) is 0 Å². The van der Waals surface area contributed by atoms with Crippen molar-refractivity contribution in [2.45, 2.75) is 12.8 Å². The Hall–Kier alpha value is 0.220. The summed E-state index contributed by atoms with van der Waals surface area (Å²) in [6, 6.07) is 0. The first-order valence-corrected chi connectivity index (χ1v) is 7.75. The number of sulfonamides is 1. The van der Waals surface area contributed by atoms with Crippen molar-refractivity contribution in [3.8, 4) is 0 Å². The molecule has 6 heteroatoms. The van der Waals surface area contributed by atoms with E-state index in [0.717, 1.165) is 25.4 Å². The molecule has 1 fully saturated rings. The van der Waals surface area contributed by atoms with E-state index in [0.29, 0.717) is 6.42 Å². The van der Waals surface area contributed by atoms with Gasteiger partial charge in [0.05, 0.1) is 5.75 Å². The number of nitrogens with zero attached hydrogens (tertiary/aromatic N) is 1. The Balaban J connectivity index is 2.16. The molecule has 1 aliphatic rings. The van der Waals surface area contributed by atoms with Crippen LogP contribution in [0.15, 0.2) is 0 Å². The van der Waals surface area contributed by atoms with Crippen LogP contribution in [0, 0.1) is 0 Å². The Bertz CT molecular complexity index is 246. The quantitative estimate of drug-likeness (QED) is 0.755. The second kappa shape index (κ2) is 5.95. The Morgan fingerprint density at radius 3 is 2.79 bits per heavy atom. The maximum atomic E-state index is 10.7. The van der Waals surface area contributed by atoms with Gasteiger partial charge in [0.25, 0.3) is 0 Å². The van der Waals surface area contributed by atoms with Gasteiger partial charge in [-0.25, -0.2) is 13.6 Å². The average Bonchev–Trinajstić information content (AvgIpc) is 2.30. The maximum Gasteiger partial charge on any atom is 0.209 e. The van der Waals surface area contributed by atoms with Gasteiger partial charge in [0.1, 0.15) is 0 Å². The summed E-state index contributed by atoms with van der Waals surface area (Å²) in [5, 5.41) is 4.93. The minimum absolute atomic E-state index is 0.108. The zero-order valence-corrected chi connectivity index (χ0v) is 9.95. The molecule has 0 aromatic heterocycles. The van der Waals surface area contributed by atoms with Gasteiger partial charge < -0.3 is 4.90 Å². The molecule has 0 aromatic carbocycles. The first-order chi connectivity index (χ1) is 6.58. The van der Waals surface area contributed by atoms with E-state index >= 15 is 0 Å². The van der Waals surface area contributed by atoms with Crippen LogP contribution in [0.5, 0.6) is 0 Å². The molecule has 2 N–H and O–H groups in total. The molecule has 0 bridgehead atoms. The Labute approximate surface area is 90.3 Å². The van der Waals surface area contributed by atoms with Gasteiger partial charge in [-0.05, 0) is 31.7 Å². The highest BCUT2D eigenvalue weighted by atomic mass is 32.2. The fourth-order valence-electron chi connectivity index (χ4n) is 1.51. The van der Waals surface area contributed by atoms with Gasteiger partial charge in [-0.2, -0.15) is 11.8 Å². The van der Waals surface area contributed by atoms with Gasteiger partial charge in [0.2, 0.25) is 10.0 Å². The van der Waals surface area contributed by atoms with E-state index in [9.17, 15) is 8.42 Å². The van der Waals surface area contributed by atoms with E-state index in [-0.39, 0.29) is 5.75 Å². The zero-order chi connectivity index (χ0) is 10.4. The molecule has 1 aliphatic heterocycles. The van der Waals surface area contributed by atoms with Gasteiger partial charge >= 0.3 is 0 Å². The summed E-state index contributed by atoms with van der Waals surface area (Å²) in [7, 11) is -3.27. The second-order valence-electron chi connectivity index (χ2n) is 3.53. The molecule has 1 rings (SSSR count). The van der Waals surface area contributed by atoms with Gasteiger partial charge in [0, 0.05) is 12.3 Å². The predicted octanol–water partition coefficient (Wildman–Crippen LogP) is 0.104. The fourth-order valence-corrected chi connectivity index (χ4v) is 2.97. The summed E-state index contributed by atoms with van der Waals surface area (Å²) in [5.74, 6) is 2.50. The first kappa shape index (κ1) is 12.3. The smallest absolute Gasteiger partial charge is 0.209 e. The molecular formula is C8H18N2O2S2. The standard InChI is InChI=1S/C8H18N2O2S2/c9-14(11,12)8-2-4-10-3-1-6-13-7-5-10/h1-8H2,(H2,9,11,12). The van der Waals surface area contributed by atoms with E-state index in [1.54, 1.807) is 0 Å². The Morgan fingerprint density at radius 2 is 2.07 bits per heavy atom. The minimum Gasteiger partial charge on any atom is -0.302 e. The first-order valence-electron chi connectivity index (χ1n) is 4.88. The normalized spacial score (nSPS) is 20.6. The van der Waals surface area contributed by atoms with Crippen molar-refractivity contribution in [1.29, 1.82) is 0 Å². The summed E-state index contributed by atoms with van der Waals surface area (Å²) in [4.78, 5) is 2.32. The molecule has 14 heavy (non-hydrogen) atoms. The molecule has 0 radical (unpaired) electrons. The molecule has 0 atom stereocenters. The summed E-state index contributed by atoms with van der Waals surface area (Å²) in [6.45, 7) is 3.03. The monoisotopic (exact) mass is 238 g/mol. The predicted molar refractivity (Wildman–Crippen MR) is 61.0 cm³/mol. The lowest BCUT2D eigenvalue weighted by Crippen LogP contribution is -2.29. The molecule has 0 aliphatic carbocycles. The fraction of sp³-hybridized carbons (Fsp3) is 1.00. The lowest BCUT2D eigenvalue weighted by Gasteiger charge is -2.18. The van der Waals surface area contributed by atoms with E-state index in [1.807, 2.05) is 11.8 Å². The number of hydrogen-bond donors (Lipinski definition) is 1. The van der Waals surface area contributed by atoms with Crippen molar-refractivity contribution in [3.63, 3.8) is 0 Å². The molecule has 4 nitrogen and oxygen atoms in total. The molecule has 0 spiro atoms. The highest BCUT2D eigenvalue weighted by Gasteiger charge is 2.10. The minimum atomic E-state index is -3.27. The topological polar surface area (TPSA) is 63.4 Å². The number of nitrogens with two attached hydrogens (primary N) is 1. The molecule has 1 saturated heterocycles. The number of thioether (sulfide) groups is 1. The van der Waals surface area contributed by atoms with E-state index in [1.165, 1.54) is 12.2 Å². The highest BCUT2D eigenvalue weighted by Crippen LogP contribution is 2.09. The van der Waals surface area contributed by atoms with Crippen molar-refractivity contribution >= 4 is 21.8 Å². The third-order valence-corrected chi connectivity index (χ3v) is 4.12. The van der Waals surface area contributed by atoms with Crippen LogP contribution in [0.25, 0.3) is 0 Å². The van der Waals surface area contributed by atoms with Crippen LogP contribution in [-0.4, -0.2) is 50.2 Å². The lowest BCUT2D eigenvalue weighted by atomic mass is 10.3. The van der Waals surface area contributed by atoms with Crippen LogP contribution in [0.1, 0.15) is 12.8 Å². The zero-order valence-electron chi connectivity index (χ0n) is 8.31. The number of hydrogen-bond acceptors (Lipinski definition) is 4. The van der Waals surface area contributed by atoms with Gasteiger partial charge in [-0.15, -0.1) is 0 Å². The van der Waals surface area contributed by atoms with Crippen molar-refractivity contribution in [3.05, 3.63) is 0 Å². The lowest BCUT2D eigenvalue weighted by molar-refractivity contribution is 0.296. The largest absolute Gasteiger partial charge is 0.302 e. The van der Waals surface area contributed by atoms with E-state index in [4.69, 9.17) is 5.14 Å². The molecule has 0 saturated carbocycles. The average molecular weight is 238 g/mol. The van der Waals surface area contributed by atoms with Crippen molar-refractivity contribution < 1.29 is 8.42 Å². The summed E-state index contributed by atoms with van der Waals surface area (Å²) < 4.78 is 21.4. The number of primary sulfonamides is 1. The summed E-state index contributed by atoms with van der Waals surface area (Å²) >= 11 is 1.97. The molecule has 0 amide bonds. The van der Waals surface area contributed by atoms with Crippen LogP contribution >= 0.6 is 11.8 Å². The van der Waals surface area contributed by atoms with Crippen LogP contribution in [-0.2, 0) is 10.0 Å². The Kier molecular flexibility index (Phi) is 5.22. The van der Waals surface area contributed by atoms with Crippen LogP contribution in [0.2, 0.25) is 0 Å². The molecule has 0 unspecified atom stereocenters. The van der Waals surface area contributed by atoms with Gasteiger partial charge in [-0.3, -0.25) is 0 Å². The van der Waals surface area contributed by atoms with Crippen LogP contribution < -0.4 is 5.14 Å². The van der Waals surface area contributed by atoms with Gasteiger partial charge in [-0.1, -0.05) is 0 Å². The molecule has 84 valence electrons. The van der Waals surface area contributed by atoms with Crippen LogP contribution in [0.3, 0.4) is 0 Å². The molecule has 1 heterocycles. The molecular weight excluding hydrogens is 220 g/mol. The maximum absolute atomic E-state index is 10.7.